The van der Waals surface area contributed by atoms with Crippen molar-refractivity contribution in [1.82, 2.24) is 4.90 Å². The second kappa shape index (κ2) is 15.5. The highest BCUT2D eigenvalue weighted by atomic mass is 19.1. The minimum absolute atomic E-state index is 0.0275. The number of ether oxygens (including phenoxy) is 3. The topological polar surface area (TPSA) is 133 Å². The summed E-state index contributed by atoms with van der Waals surface area (Å²) in [7, 11) is 1.75. The molecule has 2 aromatic rings. The van der Waals surface area contributed by atoms with Crippen molar-refractivity contribution in [3.05, 3.63) is 30.0 Å². The number of nitrogens with zero attached hydrogens (tertiary/aromatic N) is 1. The van der Waals surface area contributed by atoms with Crippen molar-refractivity contribution in [2.24, 2.45) is 35.3 Å². The lowest BCUT2D eigenvalue weighted by Gasteiger charge is -2.37. The Labute approximate surface area is 276 Å². The molecule has 2 saturated carbocycles. The fourth-order valence-electron chi connectivity index (χ4n) is 8.42. The molecule has 4 aliphatic rings. The van der Waals surface area contributed by atoms with E-state index in [1.54, 1.807) is 31.4 Å². The molecule has 2 saturated heterocycles. The molecule has 3 atom stereocenters. The summed E-state index contributed by atoms with van der Waals surface area (Å²) in [6.45, 7) is 1.70. The monoisotopic (exact) mass is 655 g/mol. The number of alkyl halides is 1. The van der Waals surface area contributed by atoms with E-state index in [-0.39, 0.29) is 47.4 Å². The second-order valence-corrected chi connectivity index (χ2v) is 14.1. The van der Waals surface area contributed by atoms with E-state index in [4.69, 9.17) is 24.4 Å². The van der Waals surface area contributed by atoms with Gasteiger partial charge in [-0.1, -0.05) is 0 Å². The van der Waals surface area contributed by atoms with Gasteiger partial charge in [0, 0.05) is 49.9 Å². The van der Waals surface area contributed by atoms with Crippen molar-refractivity contribution in [2.45, 2.75) is 88.8 Å². The Balaban J connectivity index is 1.15. The van der Waals surface area contributed by atoms with Gasteiger partial charge in [-0.3, -0.25) is 9.59 Å². The predicted molar refractivity (Wildman–Crippen MR) is 174 cm³/mol. The minimum Gasteiger partial charge on any atom is -0.460 e. The smallest absolute Gasteiger partial charge is 0.374 e. The van der Waals surface area contributed by atoms with Crippen LogP contribution in [0.1, 0.15) is 81.2 Å². The summed E-state index contributed by atoms with van der Waals surface area (Å²) >= 11 is 0. The molecule has 11 heteroatoms. The van der Waals surface area contributed by atoms with Crippen molar-refractivity contribution in [3.8, 4) is 0 Å². The molecule has 10 nitrogen and oxygen atoms in total. The summed E-state index contributed by atoms with van der Waals surface area (Å²) in [6.07, 6.45) is 9.40. The number of anilines is 1. The first-order valence-electron chi connectivity index (χ1n) is 17.6. The molecule has 0 spiro atoms. The van der Waals surface area contributed by atoms with Gasteiger partial charge < -0.3 is 34.6 Å². The molecule has 47 heavy (non-hydrogen) atoms. The Bertz CT molecular complexity index is 1380. The maximum absolute atomic E-state index is 14.2. The van der Waals surface area contributed by atoms with Crippen molar-refractivity contribution >= 4 is 34.4 Å². The summed E-state index contributed by atoms with van der Waals surface area (Å²) in [4.78, 5) is 42.7. The zero-order valence-corrected chi connectivity index (χ0v) is 27.5. The van der Waals surface area contributed by atoms with E-state index in [9.17, 15) is 18.8 Å². The number of esters is 1. The van der Waals surface area contributed by atoms with E-state index in [0.29, 0.717) is 61.8 Å². The Hall–Kier alpha value is -3.02. The predicted octanol–water partition coefficient (Wildman–Crippen LogP) is 5.48. The van der Waals surface area contributed by atoms with Gasteiger partial charge in [-0.05, 0) is 119 Å². The van der Waals surface area contributed by atoms with Crippen LogP contribution in [0.5, 0.6) is 0 Å². The van der Waals surface area contributed by atoms with Crippen LogP contribution in [-0.4, -0.2) is 81.0 Å². The van der Waals surface area contributed by atoms with Crippen LogP contribution < -0.4 is 11.1 Å². The molecular formula is C36H50FN3O7. The van der Waals surface area contributed by atoms with Gasteiger partial charge in [-0.25, -0.2) is 9.18 Å². The molecule has 2 amide bonds. The van der Waals surface area contributed by atoms with Gasteiger partial charge in [0.2, 0.25) is 17.6 Å². The Kier molecular flexibility index (Phi) is 11.1. The fourth-order valence-corrected chi connectivity index (χ4v) is 8.42. The molecule has 3 heterocycles. The molecule has 0 radical (unpaired) electrons. The van der Waals surface area contributed by atoms with Gasteiger partial charge in [0.25, 0.3) is 0 Å². The number of fused-ring (bicyclic) bond motifs is 1. The van der Waals surface area contributed by atoms with Crippen LogP contribution in [0.2, 0.25) is 0 Å². The van der Waals surface area contributed by atoms with Gasteiger partial charge in [0.05, 0.1) is 12.7 Å². The first-order valence-corrected chi connectivity index (χ1v) is 17.6. The molecule has 1 aromatic carbocycles. The normalized spacial score (nSPS) is 29.5. The lowest BCUT2D eigenvalue weighted by molar-refractivity contribution is -0.142. The fraction of sp³-hybridized carbons (Fsp3) is 0.694. The average molecular weight is 656 g/mol. The van der Waals surface area contributed by atoms with Crippen LogP contribution in [-0.2, 0) is 23.8 Å². The third-order valence-corrected chi connectivity index (χ3v) is 11.3. The molecule has 2 aliphatic heterocycles. The molecule has 4 fully saturated rings. The maximum Gasteiger partial charge on any atom is 0.374 e. The summed E-state index contributed by atoms with van der Waals surface area (Å²) < 4.78 is 35.5. The van der Waals surface area contributed by atoms with Crippen molar-refractivity contribution in [2.75, 3.05) is 45.5 Å². The number of rotatable bonds is 10. The molecule has 1 aromatic heterocycles. The molecule has 0 bridgehead atoms. The molecule has 3 N–H and O–H groups in total. The lowest BCUT2D eigenvalue weighted by atomic mass is 9.75. The molecule has 0 unspecified atom stereocenters. The number of likely N-dealkylation sites (tertiary alicyclic amines) is 1. The van der Waals surface area contributed by atoms with Gasteiger partial charge in [-0.2, -0.15) is 0 Å². The zero-order valence-electron chi connectivity index (χ0n) is 27.5. The standard InChI is InChI=1S/C36H50FN3O7/c1-44-28-9-6-23(7-10-28)29-12-15-40(35(42)25-4-2-24(3-5-25)30(38)20-37)33(29)34(41)39-27-8-11-31-26(18-27)19-32(47-31)36(43)46-21-22-13-16-45-17-14-22/h8,11,18-19,22-25,28-30,33H,2-7,9-10,12-17,20-21,38H2,1H3,(H,39,41)/t23?,24?,25?,28?,29-,30+,33-/m0/s1. The summed E-state index contributed by atoms with van der Waals surface area (Å²) in [5, 5.41) is 3.78. The first kappa shape index (κ1) is 33.9. The Morgan fingerprint density at radius 1 is 1.00 bits per heavy atom. The number of hydrogen-bond acceptors (Lipinski definition) is 8. The van der Waals surface area contributed by atoms with Crippen molar-refractivity contribution in [3.63, 3.8) is 0 Å². The van der Waals surface area contributed by atoms with Crippen LogP contribution in [0.3, 0.4) is 0 Å². The SMILES string of the molecule is COC1CCC([C@@H]2CCN(C(=O)C3CCC([C@H](N)CF)CC3)[C@@H]2C(=O)Nc2ccc3oc(C(=O)OCC4CCOCC4)cc3c2)CC1. The highest BCUT2D eigenvalue weighted by Gasteiger charge is 2.47. The third-order valence-electron chi connectivity index (χ3n) is 11.3. The van der Waals surface area contributed by atoms with Crippen LogP contribution in [0.25, 0.3) is 11.0 Å². The number of furan rings is 1. The van der Waals surface area contributed by atoms with Crippen LogP contribution in [0.4, 0.5) is 10.1 Å². The van der Waals surface area contributed by atoms with Crippen molar-refractivity contribution in [1.29, 1.82) is 0 Å². The number of nitrogens with two attached hydrogens (primary N) is 1. The number of methoxy groups -OCH3 is 1. The van der Waals surface area contributed by atoms with Crippen LogP contribution in [0.15, 0.2) is 28.7 Å². The highest BCUT2D eigenvalue weighted by molar-refractivity contribution is 6.00. The second-order valence-electron chi connectivity index (χ2n) is 14.1. The number of nitrogens with one attached hydrogen (secondary N) is 1. The molecule has 2 aliphatic carbocycles. The van der Waals surface area contributed by atoms with Gasteiger partial charge >= 0.3 is 5.97 Å². The number of hydrogen-bond donors (Lipinski definition) is 2. The summed E-state index contributed by atoms with van der Waals surface area (Å²) in [5.74, 6) is 0.0427. The number of benzene rings is 1. The zero-order chi connectivity index (χ0) is 32.9. The van der Waals surface area contributed by atoms with Crippen molar-refractivity contribution < 1.29 is 37.4 Å². The van der Waals surface area contributed by atoms with Crippen LogP contribution in [0, 0.1) is 29.6 Å². The number of carbonyl (C=O) groups excluding carboxylic acids is 3. The van der Waals surface area contributed by atoms with E-state index in [1.807, 2.05) is 4.90 Å². The van der Waals surface area contributed by atoms with E-state index in [2.05, 4.69) is 5.32 Å². The molecular weight excluding hydrogens is 605 g/mol. The summed E-state index contributed by atoms with van der Waals surface area (Å²) in [6, 6.07) is 5.88. The molecule has 6 rings (SSSR count). The lowest BCUT2D eigenvalue weighted by Crippen LogP contribution is -2.50. The van der Waals surface area contributed by atoms with Gasteiger partial charge in [0.15, 0.2) is 0 Å². The van der Waals surface area contributed by atoms with Crippen LogP contribution >= 0.6 is 0 Å². The number of halogens is 1. The first-order chi connectivity index (χ1) is 22.8. The maximum atomic E-state index is 14.2. The third kappa shape index (κ3) is 7.84. The average Bonchev–Trinajstić information content (AvgIpc) is 3.76. The van der Waals surface area contributed by atoms with E-state index in [1.165, 1.54) is 0 Å². The van der Waals surface area contributed by atoms with E-state index in [0.717, 1.165) is 57.8 Å². The Morgan fingerprint density at radius 2 is 1.74 bits per heavy atom. The number of amides is 2. The quantitative estimate of drug-likeness (QED) is 0.322. The van der Waals surface area contributed by atoms with E-state index >= 15 is 0 Å². The van der Waals surface area contributed by atoms with E-state index < -0.39 is 24.7 Å². The largest absolute Gasteiger partial charge is 0.460 e. The Morgan fingerprint density at radius 3 is 2.45 bits per heavy atom. The van der Waals surface area contributed by atoms with Gasteiger partial charge in [0.1, 0.15) is 18.3 Å². The summed E-state index contributed by atoms with van der Waals surface area (Å²) in [5.41, 5.74) is 7.07. The molecule has 258 valence electrons. The van der Waals surface area contributed by atoms with Gasteiger partial charge in [-0.15, -0.1) is 0 Å². The number of carbonyl (C=O) groups is 3. The minimum atomic E-state index is -0.576. The highest BCUT2D eigenvalue weighted by Crippen LogP contribution is 2.42.